The zero-order chi connectivity index (χ0) is 22.7. The second kappa shape index (κ2) is 9.19. The highest BCUT2D eigenvalue weighted by atomic mass is 19.1. The minimum atomic E-state index is -0.530. The largest absolute Gasteiger partial charge is 0.497 e. The number of nitrogens with zero attached hydrogens (tertiary/aromatic N) is 3. The Morgan fingerprint density at radius 3 is 2.69 bits per heavy atom. The van der Waals surface area contributed by atoms with Crippen molar-refractivity contribution in [3.8, 4) is 17.1 Å². The predicted octanol–water partition coefficient (Wildman–Crippen LogP) is 4.03. The fourth-order valence-electron chi connectivity index (χ4n) is 3.63. The quantitative estimate of drug-likeness (QED) is 0.599. The van der Waals surface area contributed by atoms with Crippen LogP contribution in [-0.2, 0) is 4.74 Å². The van der Waals surface area contributed by atoms with Crippen molar-refractivity contribution in [2.45, 2.75) is 13.0 Å². The van der Waals surface area contributed by atoms with Gasteiger partial charge in [0, 0.05) is 18.4 Å². The van der Waals surface area contributed by atoms with Gasteiger partial charge in [0.05, 0.1) is 31.9 Å². The van der Waals surface area contributed by atoms with Gasteiger partial charge in [-0.2, -0.15) is 4.98 Å². The van der Waals surface area contributed by atoms with Crippen molar-refractivity contribution < 1.29 is 23.2 Å². The molecule has 2 aromatic carbocycles. The van der Waals surface area contributed by atoms with Crippen LogP contribution in [0.2, 0.25) is 0 Å². The molecule has 166 valence electrons. The van der Waals surface area contributed by atoms with Gasteiger partial charge in [0.15, 0.2) is 0 Å². The van der Waals surface area contributed by atoms with Crippen LogP contribution < -0.4 is 10.1 Å². The van der Waals surface area contributed by atoms with Crippen LogP contribution in [0.5, 0.6) is 5.75 Å². The van der Waals surface area contributed by atoms with Gasteiger partial charge >= 0.3 is 6.03 Å². The van der Waals surface area contributed by atoms with Crippen molar-refractivity contribution in [1.29, 1.82) is 0 Å². The molecule has 8 nitrogen and oxygen atoms in total. The van der Waals surface area contributed by atoms with Crippen LogP contribution in [0.3, 0.4) is 0 Å². The Kier molecular flexibility index (Phi) is 6.18. The lowest BCUT2D eigenvalue weighted by molar-refractivity contribution is 0.158. The first kappa shape index (κ1) is 21.5. The molecule has 1 N–H and O–H groups in total. The Morgan fingerprint density at radius 2 is 1.97 bits per heavy atom. The lowest BCUT2D eigenvalue weighted by atomic mass is 9.94. The minimum absolute atomic E-state index is 0.255. The fraction of sp³-hybridized carbons (Fsp3) is 0.261. The molecular formula is C23H23FN4O4. The third-order valence-corrected chi connectivity index (χ3v) is 5.30. The Morgan fingerprint density at radius 1 is 1.19 bits per heavy atom. The zero-order valence-electron chi connectivity index (χ0n) is 18.0. The van der Waals surface area contributed by atoms with Gasteiger partial charge in [0.2, 0.25) is 5.82 Å². The van der Waals surface area contributed by atoms with E-state index in [9.17, 15) is 9.18 Å². The molecule has 0 saturated carbocycles. The number of carbonyl (C=O) groups excluding carboxylic acids is 1. The van der Waals surface area contributed by atoms with Crippen molar-refractivity contribution in [1.82, 2.24) is 20.4 Å². The highest BCUT2D eigenvalue weighted by Crippen LogP contribution is 2.38. The highest BCUT2D eigenvalue weighted by molar-refractivity contribution is 5.87. The second-order valence-corrected chi connectivity index (χ2v) is 7.23. The summed E-state index contributed by atoms with van der Waals surface area (Å²) in [5.41, 5.74) is 2.76. The molecule has 1 aromatic heterocycles. The van der Waals surface area contributed by atoms with Gasteiger partial charge in [0.1, 0.15) is 11.6 Å². The molecule has 0 saturated heterocycles. The maximum absolute atomic E-state index is 13.3. The van der Waals surface area contributed by atoms with Crippen LogP contribution in [-0.4, -0.2) is 48.4 Å². The normalized spacial score (nSPS) is 16.3. The summed E-state index contributed by atoms with van der Waals surface area (Å²) in [6, 6.07) is 12.5. The molecule has 32 heavy (non-hydrogen) atoms. The maximum atomic E-state index is 13.3. The standard InChI is InChI=1S/C23H23FN4O4/c1-14-19(22-26-21(27-32-22)15-7-9-17(24)10-8-15)20(16-5-4-6-18(13-16)31-3)25-23(29)28(14)11-12-30-2/h4-10,13,20H,11-12H2,1-3H3,(H,25,29). The smallest absolute Gasteiger partial charge is 0.322 e. The monoisotopic (exact) mass is 438 g/mol. The van der Waals surface area contributed by atoms with Gasteiger partial charge < -0.3 is 19.3 Å². The summed E-state index contributed by atoms with van der Waals surface area (Å²) >= 11 is 0. The van der Waals surface area contributed by atoms with E-state index in [2.05, 4.69) is 15.5 Å². The number of aromatic nitrogens is 2. The van der Waals surface area contributed by atoms with E-state index in [-0.39, 0.29) is 17.7 Å². The van der Waals surface area contributed by atoms with Gasteiger partial charge in [-0.1, -0.05) is 17.3 Å². The Balaban J connectivity index is 1.80. The number of rotatable bonds is 7. The van der Waals surface area contributed by atoms with Gasteiger partial charge in [-0.15, -0.1) is 0 Å². The Labute approximate surface area is 184 Å². The molecule has 0 spiro atoms. The summed E-state index contributed by atoms with van der Waals surface area (Å²) in [6.45, 7) is 2.56. The molecule has 1 atom stereocenters. The SMILES string of the molecule is COCCN1C(=O)NC(c2cccc(OC)c2)C(c2nc(-c3ccc(F)cc3)no2)=C1C. The third-order valence-electron chi connectivity index (χ3n) is 5.30. The number of benzene rings is 2. The molecule has 0 fully saturated rings. The van der Waals surface area contributed by atoms with E-state index in [1.807, 2.05) is 31.2 Å². The van der Waals surface area contributed by atoms with E-state index >= 15 is 0 Å². The molecular weight excluding hydrogens is 415 g/mol. The number of ether oxygens (including phenoxy) is 2. The summed E-state index contributed by atoms with van der Waals surface area (Å²) in [4.78, 5) is 19.0. The van der Waals surface area contributed by atoms with Crippen molar-refractivity contribution in [3.63, 3.8) is 0 Å². The molecule has 1 aliphatic rings. The van der Waals surface area contributed by atoms with E-state index in [4.69, 9.17) is 14.0 Å². The van der Waals surface area contributed by atoms with Crippen LogP contribution >= 0.6 is 0 Å². The van der Waals surface area contributed by atoms with E-state index in [1.54, 1.807) is 31.3 Å². The third kappa shape index (κ3) is 4.19. The lowest BCUT2D eigenvalue weighted by Gasteiger charge is -2.35. The lowest BCUT2D eigenvalue weighted by Crippen LogP contribution is -2.47. The summed E-state index contributed by atoms with van der Waals surface area (Å²) in [5.74, 6) is 0.896. The zero-order valence-corrected chi connectivity index (χ0v) is 18.0. The Bertz CT molecular complexity index is 1140. The molecule has 4 rings (SSSR count). The minimum Gasteiger partial charge on any atom is -0.497 e. The molecule has 0 aliphatic carbocycles. The van der Waals surface area contributed by atoms with Crippen LogP contribution in [0.4, 0.5) is 9.18 Å². The van der Waals surface area contributed by atoms with Gasteiger partial charge in [-0.05, 0) is 48.9 Å². The number of allylic oxidation sites excluding steroid dienone is 1. The van der Waals surface area contributed by atoms with E-state index in [0.717, 1.165) is 5.56 Å². The number of halogens is 1. The first-order chi connectivity index (χ1) is 15.5. The number of hydrogen-bond donors (Lipinski definition) is 1. The molecule has 0 radical (unpaired) electrons. The highest BCUT2D eigenvalue weighted by Gasteiger charge is 2.35. The van der Waals surface area contributed by atoms with E-state index in [0.29, 0.717) is 41.6 Å². The van der Waals surface area contributed by atoms with E-state index < -0.39 is 6.04 Å². The van der Waals surface area contributed by atoms with Gasteiger partial charge in [-0.3, -0.25) is 4.90 Å². The molecule has 1 unspecified atom stereocenters. The number of urea groups is 1. The average molecular weight is 438 g/mol. The summed E-state index contributed by atoms with van der Waals surface area (Å²) in [6.07, 6.45) is 0. The molecule has 2 heterocycles. The number of nitrogens with one attached hydrogen (secondary N) is 1. The van der Waals surface area contributed by atoms with Crippen molar-refractivity contribution >= 4 is 11.6 Å². The van der Waals surface area contributed by atoms with Gasteiger partial charge in [0.25, 0.3) is 5.89 Å². The first-order valence-electron chi connectivity index (χ1n) is 10.0. The number of carbonyl (C=O) groups is 1. The van der Waals surface area contributed by atoms with Crippen molar-refractivity contribution in [3.05, 3.63) is 71.5 Å². The van der Waals surface area contributed by atoms with Crippen LogP contribution in [0, 0.1) is 5.82 Å². The van der Waals surface area contributed by atoms with Gasteiger partial charge in [-0.25, -0.2) is 9.18 Å². The maximum Gasteiger partial charge on any atom is 0.322 e. The van der Waals surface area contributed by atoms with Crippen molar-refractivity contribution in [2.24, 2.45) is 0 Å². The van der Waals surface area contributed by atoms with Crippen LogP contribution in [0.1, 0.15) is 24.4 Å². The summed E-state index contributed by atoms with van der Waals surface area (Å²) in [7, 11) is 3.16. The molecule has 3 aromatic rings. The predicted molar refractivity (Wildman–Crippen MR) is 115 cm³/mol. The number of methoxy groups -OCH3 is 2. The fourth-order valence-corrected chi connectivity index (χ4v) is 3.63. The van der Waals surface area contributed by atoms with E-state index in [1.165, 1.54) is 12.1 Å². The summed E-state index contributed by atoms with van der Waals surface area (Å²) in [5, 5.41) is 7.09. The molecule has 2 amide bonds. The average Bonchev–Trinajstić information content (AvgIpc) is 3.28. The van der Waals surface area contributed by atoms with Crippen LogP contribution in [0.25, 0.3) is 17.0 Å². The number of hydrogen-bond acceptors (Lipinski definition) is 6. The topological polar surface area (TPSA) is 89.7 Å². The first-order valence-corrected chi connectivity index (χ1v) is 10.0. The van der Waals surface area contributed by atoms with Crippen LogP contribution in [0.15, 0.2) is 58.8 Å². The summed E-state index contributed by atoms with van der Waals surface area (Å²) < 4.78 is 29.4. The second-order valence-electron chi connectivity index (χ2n) is 7.23. The van der Waals surface area contributed by atoms with Crippen molar-refractivity contribution in [2.75, 3.05) is 27.4 Å². The molecule has 1 aliphatic heterocycles. The molecule has 0 bridgehead atoms. The Hall–Kier alpha value is -3.72. The molecule has 9 heteroatoms. The number of amides is 2.